The Morgan fingerprint density at radius 3 is 2.63 bits per heavy atom. The Bertz CT molecular complexity index is 1230. The summed E-state index contributed by atoms with van der Waals surface area (Å²) < 4.78 is 23.0. The molecule has 0 amide bonds. The van der Waals surface area contributed by atoms with Crippen molar-refractivity contribution >= 4 is 11.8 Å². The Balaban J connectivity index is 1.29. The van der Waals surface area contributed by atoms with Crippen molar-refractivity contribution in [2.75, 3.05) is 31.7 Å². The number of hydrogen-bond donors (Lipinski definition) is 2. The van der Waals surface area contributed by atoms with E-state index in [1.165, 1.54) is 6.33 Å². The van der Waals surface area contributed by atoms with E-state index >= 15 is 0 Å². The molecule has 1 aliphatic heterocycles. The lowest BCUT2D eigenvalue weighted by Crippen LogP contribution is -2.16. The predicted molar refractivity (Wildman–Crippen MR) is 129 cm³/mol. The normalized spacial score (nSPS) is 14.3. The number of benzene rings is 2. The van der Waals surface area contributed by atoms with Crippen LogP contribution < -0.4 is 24.3 Å². The lowest BCUT2D eigenvalue weighted by molar-refractivity contribution is 0.0692. The second-order valence-corrected chi connectivity index (χ2v) is 8.34. The van der Waals surface area contributed by atoms with Crippen molar-refractivity contribution in [3.05, 3.63) is 53.9 Å². The number of anilines is 1. The molecule has 2 heterocycles. The minimum atomic E-state index is -1.01. The number of hydrogen-bond acceptors (Lipinski definition) is 8. The topological polar surface area (TPSA) is 112 Å². The van der Waals surface area contributed by atoms with Gasteiger partial charge in [0, 0.05) is 24.2 Å². The van der Waals surface area contributed by atoms with Crippen molar-refractivity contribution < 1.29 is 28.8 Å². The minimum absolute atomic E-state index is 0.0908. The van der Waals surface area contributed by atoms with Crippen molar-refractivity contribution in [1.29, 1.82) is 0 Å². The maximum atomic E-state index is 11.6. The highest BCUT2D eigenvalue weighted by atomic mass is 16.6. The van der Waals surface area contributed by atoms with Gasteiger partial charge < -0.3 is 29.4 Å². The summed E-state index contributed by atoms with van der Waals surface area (Å²) in [5, 5.41) is 12.8. The zero-order chi connectivity index (χ0) is 24.2. The maximum absolute atomic E-state index is 11.6. The van der Waals surface area contributed by atoms with E-state index in [0.717, 1.165) is 35.5 Å². The number of ether oxygens (including phenoxy) is 4. The van der Waals surface area contributed by atoms with E-state index in [-0.39, 0.29) is 11.7 Å². The molecule has 2 aromatic carbocycles. The Morgan fingerprint density at radius 1 is 1.09 bits per heavy atom. The van der Waals surface area contributed by atoms with Gasteiger partial charge in [-0.2, -0.15) is 0 Å². The van der Waals surface area contributed by atoms with Gasteiger partial charge in [0.2, 0.25) is 0 Å². The van der Waals surface area contributed by atoms with Crippen LogP contribution in [0, 0.1) is 0 Å². The van der Waals surface area contributed by atoms with E-state index in [4.69, 9.17) is 18.9 Å². The van der Waals surface area contributed by atoms with Gasteiger partial charge in [-0.25, -0.2) is 14.8 Å². The van der Waals surface area contributed by atoms with E-state index in [0.29, 0.717) is 55.8 Å². The molecule has 0 unspecified atom stereocenters. The summed E-state index contributed by atoms with van der Waals surface area (Å²) in [6, 6.07) is 10.7. The number of nitrogens with one attached hydrogen (secondary N) is 1. The number of carbonyl (C=O) groups is 1. The summed E-state index contributed by atoms with van der Waals surface area (Å²) in [5.74, 6) is 2.24. The molecular weight excluding hydrogens is 450 g/mol. The fourth-order valence-corrected chi connectivity index (χ4v) is 3.86. The van der Waals surface area contributed by atoms with Gasteiger partial charge in [-0.1, -0.05) is 6.07 Å². The SMILES string of the molecule is CCOc1cc2c(cc1CCNc1cc(-c3ccc(C(=O)O)c(OC4CC4)c3)ncn1)OCCO2. The Kier molecular flexibility index (Phi) is 6.56. The summed E-state index contributed by atoms with van der Waals surface area (Å²) in [7, 11) is 0. The van der Waals surface area contributed by atoms with Gasteiger partial charge in [-0.3, -0.25) is 0 Å². The van der Waals surface area contributed by atoms with Crippen LogP contribution in [0.5, 0.6) is 23.0 Å². The molecule has 3 aromatic rings. The minimum Gasteiger partial charge on any atom is -0.493 e. The highest BCUT2D eigenvalue weighted by Gasteiger charge is 2.26. The number of carboxylic acid groups (broad SMARTS) is 1. The van der Waals surface area contributed by atoms with Gasteiger partial charge in [-0.15, -0.1) is 0 Å². The van der Waals surface area contributed by atoms with Crippen LogP contribution in [-0.4, -0.2) is 53.5 Å². The molecule has 1 saturated carbocycles. The molecule has 1 aliphatic carbocycles. The van der Waals surface area contributed by atoms with Crippen molar-refractivity contribution in [2.24, 2.45) is 0 Å². The smallest absolute Gasteiger partial charge is 0.339 e. The summed E-state index contributed by atoms with van der Waals surface area (Å²) in [5.41, 5.74) is 2.61. The third-order valence-corrected chi connectivity index (χ3v) is 5.72. The van der Waals surface area contributed by atoms with E-state index in [1.54, 1.807) is 18.2 Å². The number of fused-ring (bicyclic) bond motifs is 1. The molecule has 0 radical (unpaired) electrons. The molecule has 1 aromatic heterocycles. The molecule has 0 saturated heterocycles. The molecule has 0 atom stereocenters. The van der Waals surface area contributed by atoms with Crippen molar-refractivity contribution in [2.45, 2.75) is 32.3 Å². The Hall–Kier alpha value is -4.01. The van der Waals surface area contributed by atoms with Crippen LogP contribution in [-0.2, 0) is 6.42 Å². The van der Waals surface area contributed by atoms with Crippen LogP contribution in [0.25, 0.3) is 11.3 Å². The molecule has 2 N–H and O–H groups in total. The molecule has 2 aliphatic rings. The highest BCUT2D eigenvalue weighted by Crippen LogP contribution is 2.37. The van der Waals surface area contributed by atoms with E-state index in [1.807, 2.05) is 25.1 Å². The van der Waals surface area contributed by atoms with Crippen molar-refractivity contribution in [3.63, 3.8) is 0 Å². The Morgan fingerprint density at radius 2 is 1.89 bits per heavy atom. The number of rotatable bonds is 10. The molecule has 0 spiro atoms. The molecular formula is C26H27N3O6. The van der Waals surface area contributed by atoms with Crippen molar-refractivity contribution in [1.82, 2.24) is 9.97 Å². The summed E-state index contributed by atoms with van der Waals surface area (Å²) in [6.07, 6.45) is 4.16. The van der Waals surface area contributed by atoms with E-state index in [9.17, 15) is 9.90 Å². The first kappa shape index (κ1) is 22.8. The highest BCUT2D eigenvalue weighted by molar-refractivity contribution is 5.92. The number of aromatic nitrogens is 2. The second kappa shape index (κ2) is 10.1. The fourth-order valence-electron chi connectivity index (χ4n) is 3.86. The van der Waals surface area contributed by atoms with Gasteiger partial charge in [0.1, 0.15) is 42.4 Å². The van der Waals surface area contributed by atoms with Gasteiger partial charge in [0.15, 0.2) is 11.5 Å². The molecule has 0 bridgehead atoms. The second-order valence-electron chi connectivity index (χ2n) is 8.34. The zero-order valence-electron chi connectivity index (χ0n) is 19.5. The van der Waals surface area contributed by atoms with Gasteiger partial charge >= 0.3 is 5.97 Å². The van der Waals surface area contributed by atoms with Crippen LogP contribution in [0.3, 0.4) is 0 Å². The fraction of sp³-hybridized carbons (Fsp3) is 0.346. The first-order chi connectivity index (χ1) is 17.1. The quantitative estimate of drug-likeness (QED) is 0.443. The Labute approximate surface area is 203 Å². The molecule has 182 valence electrons. The molecule has 9 heteroatoms. The van der Waals surface area contributed by atoms with Crippen LogP contribution in [0.2, 0.25) is 0 Å². The predicted octanol–water partition coefficient (Wildman–Crippen LogP) is 4.21. The van der Waals surface area contributed by atoms with Gasteiger partial charge in [-0.05, 0) is 49.9 Å². The van der Waals surface area contributed by atoms with Crippen LogP contribution in [0.15, 0.2) is 42.7 Å². The molecule has 5 rings (SSSR count). The van der Waals surface area contributed by atoms with Crippen LogP contribution in [0.1, 0.15) is 35.7 Å². The average molecular weight is 478 g/mol. The van der Waals surface area contributed by atoms with E-state index < -0.39 is 5.97 Å². The lowest BCUT2D eigenvalue weighted by atomic mass is 10.1. The first-order valence-corrected chi connectivity index (χ1v) is 11.8. The zero-order valence-corrected chi connectivity index (χ0v) is 19.5. The third kappa shape index (κ3) is 5.40. The average Bonchev–Trinajstić information content (AvgIpc) is 3.68. The van der Waals surface area contributed by atoms with E-state index in [2.05, 4.69) is 15.3 Å². The number of carboxylic acids is 1. The summed E-state index contributed by atoms with van der Waals surface area (Å²) in [6.45, 7) is 4.18. The summed E-state index contributed by atoms with van der Waals surface area (Å²) >= 11 is 0. The van der Waals surface area contributed by atoms with Crippen LogP contribution >= 0.6 is 0 Å². The van der Waals surface area contributed by atoms with Crippen molar-refractivity contribution in [3.8, 4) is 34.3 Å². The van der Waals surface area contributed by atoms with Gasteiger partial charge in [0.25, 0.3) is 0 Å². The molecule has 35 heavy (non-hydrogen) atoms. The number of nitrogens with zero attached hydrogens (tertiary/aromatic N) is 2. The number of aromatic carboxylic acids is 1. The standard InChI is InChI=1S/C26H27N3O6/c1-2-32-21-14-24-23(33-9-10-34-24)12-17(21)7-8-27-25-13-20(28-15-29-25)16-3-6-19(26(30)31)22(11-16)35-18-4-5-18/h3,6,11-15,18H,2,4-5,7-10H2,1H3,(H,30,31)(H,27,28,29). The molecule has 9 nitrogen and oxygen atoms in total. The molecule has 1 fully saturated rings. The lowest BCUT2D eigenvalue weighted by Gasteiger charge is -2.21. The first-order valence-electron chi connectivity index (χ1n) is 11.8. The largest absolute Gasteiger partial charge is 0.493 e. The monoisotopic (exact) mass is 477 g/mol. The maximum Gasteiger partial charge on any atom is 0.339 e. The third-order valence-electron chi connectivity index (χ3n) is 5.72. The van der Waals surface area contributed by atoms with Gasteiger partial charge in [0.05, 0.1) is 18.4 Å². The van der Waals surface area contributed by atoms with Crippen LogP contribution in [0.4, 0.5) is 5.82 Å². The summed E-state index contributed by atoms with van der Waals surface area (Å²) in [4.78, 5) is 20.3.